The molecule has 4 saturated carbocycles. The number of nitrogens with two attached hydrogens (primary N) is 2. The fraction of sp³-hybridized carbons (Fsp3) is 0.746. The van der Waals surface area contributed by atoms with Gasteiger partial charge in [-0.3, -0.25) is 0 Å². The minimum Gasteiger partial charge on any atom is -0.504 e. The molecule has 0 radical (unpaired) electrons. The summed E-state index contributed by atoms with van der Waals surface area (Å²) in [7, 11) is 5.98. The zero-order valence-electron chi connectivity index (χ0n) is 45.0. The van der Waals surface area contributed by atoms with Crippen molar-refractivity contribution in [3.8, 4) is 11.5 Å². The summed E-state index contributed by atoms with van der Waals surface area (Å²) in [6.07, 6.45) is 21.1. The summed E-state index contributed by atoms with van der Waals surface area (Å²) in [5.41, 5.74) is 18.7. The number of aromatic hydroxyl groups is 1. The average molecular weight is 1060 g/mol. The predicted octanol–water partition coefficient (Wildman–Crippen LogP) is 9.05. The van der Waals surface area contributed by atoms with E-state index in [0.29, 0.717) is 84.5 Å². The Morgan fingerprint density at radius 3 is 2.51 bits per heavy atom. The van der Waals surface area contributed by atoms with Crippen LogP contribution in [0, 0.1) is 47.3 Å². The van der Waals surface area contributed by atoms with Crippen LogP contribution in [0.25, 0.3) is 0 Å². The summed E-state index contributed by atoms with van der Waals surface area (Å²) in [5, 5.41) is 53.8. The summed E-state index contributed by atoms with van der Waals surface area (Å²) < 4.78 is 12.7. The Hall–Kier alpha value is -2.89. The Bertz CT molecular complexity index is 2250. The predicted molar refractivity (Wildman–Crippen MR) is 302 cm³/mol. The summed E-state index contributed by atoms with van der Waals surface area (Å²) in [5.74, 6) is 10.0. The minimum atomic E-state index is -0.908. The molecule has 2 aromatic heterocycles. The number of hydrogen-bond acceptors (Lipinski definition) is 12. The molecule has 0 spiro atoms. The van der Waals surface area contributed by atoms with E-state index >= 15 is 0 Å². The summed E-state index contributed by atoms with van der Waals surface area (Å²) in [4.78, 5) is 8.75. The first kappa shape index (κ1) is 55.9. The lowest BCUT2D eigenvalue weighted by Crippen LogP contribution is -2.47. The maximum atomic E-state index is 11.6. The number of nitrogens with one attached hydrogen (secondary N) is 4. The molecule has 1 aromatic carbocycles. The SMILES string of the molecule is CNCC(NCC(C)O)C1c2cc(C(O)COc3cc(CCc4cc(CO)c(CCC5CCC6C7CSSCC(N=C(N)NC8CCCCC8)C(C)CCC6C(C5)CC7N)o4)ccc3O)[nH]c2CCC2CCCC21. The Kier molecular flexibility index (Phi) is 20.1. The average Bonchev–Trinajstić information content (AvgIpc) is 4.11. The van der Waals surface area contributed by atoms with Crippen LogP contribution in [-0.4, -0.2) is 99.9 Å². The molecule has 15 heteroatoms. The highest BCUT2D eigenvalue weighted by Crippen LogP contribution is 2.53. The van der Waals surface area contributed by atoms with Gasteiger partial charge in [0.25, 0.3) is 0 Å². The molecule has 74 heavy (non-hydrogen) atoms. The molecule has 4 bridgehead atoms. The summed E-state index contributed by atoms with van der Waals surface area (Å²) in [6, 6.07) is 10.7. The van der Waals surface area contributed by atoms with Crippen LogP contribution < -0.4 is 32.2 Å². The van der Waals surface area contributed by atoms with Crippen LogP contribution in [0.3, 0.4) is 0 Å². The highest BCUT2D eigenvalue weighted by atomic mass is 33.1. The zero-order valence-corrected chi connectivity index (χ0v) is 46.6. The Balaban J connectivity index is 0.788. The number of aromatic nitrogens is 1. The number of nitrogens with zero attached hydrogens (tertiary/aromatic N) is 1. The van der Waals surface area contributed by atoms with Gasteiger partial charge in [-0.25, -0.2) is 4.99 Å². The second-order valence-electron chi connectivity index (χ2n) is 24.0. The van der Waals surface area contributed by atoms with Crippen LogP contribution in [-0.2, 0) is 32.3 Å². The molecule has 1 saturated heterocycles. The number of fused-ring (bicyclic) bond motifs is 2. The number of guanidine groups is 1. The number of ether oxygens (including phenoxy) is 1. The molecule has 5 fully saturated rings. The van der Waals surface area contributed by atoms with E-state index in [1.165, 1.54) is 94.7 Å². The molecular formula is C59H93N7O6S2. The van der Waals surface area contributed by atoms with E-state index in [1.54, 1.807) is 6.07 Å². The number of aromatic amines is 1. The van der Waals surface area contributed by atoms with Crippen molar-refractivity contribution in [2.75, 3.05) is 38.2 Å². The van der Waals surface area contributed by atoms with Crippen molar-refractivity contribution >= 4 is 27.5 Å². The number of H-pyrrole nitrogens is 1. The van der Waals surface area contributed by atoms with Gasteiger partial charge in [-0.05, 0) is 174 Å². The van der Waals surface area contributed by atoms with E-state index in [1.807, 2.05) is 53.8 Å². The number of benzene rings is 1. The number of phenols is 1. The minimum absolute atomic E-state index is 0.00705. The molecule has 13 nitrogen and oxygen atoms in total. The van der Waals surface area contributed by atoms with E-state index in [2.05, 4.69) is 33.9 Å². The highest BCUT2D eigenvalue weighted by Gasteiger charge is 2.46. The molecular weight excluding hydrogens is 967 g/mol. The third kappa shape index (κ3) is 14.0. The molecule has 5 aliphatic carbocycles. The molecule has 412 valence electrons. The highest BCUT2D eigenvalue weighted by molar-refractivity contribution is 8.76. The molecule has 3 heterocycles. The summed E-state index contributed by atoms with van der Waals surface area (Å²) in [6.45, 7) is 5.49. The van der Waals surface area contributed by atoms with Crippen LogP contribution >= 0.6 is 21.6 Å². The van der Waals surface area contributed by atoms with Gasteiger partial charge in [-0.2, -0.15) is 0 Å². The number of likely N-dealkylation sites (N-methyl/N-ethyl adjacent to an activating group) is 1. The van der Waals surface area contributed by atoms with Crippen LogP contribution in [0.15, 0.2) is 39.7 Å². The topological polar surface area (TPSA) is 220 Å². The van der Waals surface area contributed by atoms with Gasteiger partial charge in [0.2, 0.25) is 0 Å². The Morgan fingerprint density at radius 1 is 0.878 bits per heavy atom. The van der Waals surface area contributed by atoms with E-state index in [9.17, 15) is 20.4 Å². The quantitative estimate of drug-likeness (QED) is 0.0308. The van der Waals surface area contributed by atoms with Gasteiger partial charge >= 0.3 is 0 Å². The standard InChI is InChI=1S/C59H93N7O6S2/c1-35-12-19-44-40-24-37(14-20-46(44)48(49(60)27-40)33-73-74-34-53(35)66-59(61)64-42-9-5-4-6-10-42)16-23-56-41(31-67)26-43(72-56)18-13-38-15-22-54(69)57(25-38)71-32-55(70)51-28-47-50(65-51)21-17-39-8-7-11-45(39)58(47)52(30-62-3)63-29-36(2)68/h15,22,25-26,28,35-37,39-40,42,44-46,48-49,52-53,55,58,62-63,65,67-70H,4-14,16-21,23-24,27,29-34,60H2,1-3H3,(H3,61,64,66). The fourth-order valence-electron chi connectivity index (χ4n) is 15.0. The first-order valence-corrected chi connectivity index (χ1v) is 31.6. The van der Waals surface area contributed by atoms with Crippen LogP contribution in [0.2, 0.25) is 0 Å². The molecule has 0 amide bonds. The fourth-order valence-corrected chi connectivity index (χ4v) is 17.8. The van der Waals surface area contributed by atoms with E-state index < -0.39 is 12.2 Å². The van der Waals surface area contributed by atoms with Gasteiger partial charge in [0, 0.05) is 78.4 Å². The summed E-state index contributed by atoms with van der Waals surface area (Å²) >= 11 is 0. The lowest BCUT2D eigenvalue weighted by atomic mass is 9.62. The first-order valence-electron chi connectivity index (χ1n) is 29.2. The van der Waals surface area contributed by atoms with Crippen molar-refractivity contribution in [2.45, 2.75) is 191 Å². The maximum absolute atomic E-state index is 11.6. The van der Waals surface area contributed by atoms with Crippen molar-refractivity contribution in [3.63, 3.8) is 0 Å². The number of furan rings is 1. The lowest BCUT2D eigenvalue weighted by Gasteiger charge is -2.46. The van der Waals surface area contributed by atoms with E-state index in [0.717, 1.165) is 78.5 Å². The zero-order chi connectivity index (χ0) is 51.7. The van der Waals surface area contributed by atoms with Gasteiger partial charge in [-0.1, -0.05) is 73.1 Å². The van der Waals surface area contributed by atoms with Crippen molar-refractivity contribution in [2.24, 2.45) is 63.8 Å². The van der Waals surface area contributed by atoms with E-state index in [4.69, 9.17) is 25.6 Å². The molecule has 9 rings (SSSR count). The Labute approximate surface area is 450 Å². The third-order valence-electron chi connectivity index (χ3n) is 19.0. The smallest absolute Gasteiger partial charge is 0.189 e. The lowest BCUT2D eigenvalue weighted by molar-refractivity contribution is 0.0716. The monoisotopic (exact) mass is 1060 g/mol. The second-order valence-corrected chi connectivity index (χ2v) is 26.6. The molecule has 1 aliphatic heterocycles. The number of aliphatic imine (C=N–C) groups is 1. The van der Waals surface area contributed by atoms with Gasteiger partial charge in [0.05, 0.1) is 18.8 Å². The first-order chi connectivity index (χ1) is 35.9. The molecule has 14 atom stereocenters. The number of hydrogen-bond donors (Lipinski definition) is 10. The van der Waals surface area contributed by atoms with E-state index in [-0.39, 0.29) is 43.0 Å². The van der Waals surface area contributed by atoms with Crippen LogP contribution in [0.5, 0.6) is 11.5 Å². The second kappa shape index (κ2) is 26.6. The number of aryl methyl sites for hydroxylation is 4. The van der Waals surface area contributed by atoms with Gasteiger partial charge in [-0.15, -0.1) is 0 Å². The number of phenolic OH excluding ortho intramolecular Hbond substituents is 1. The Morgan fingerprint density at radius 2 is 1.70 bits per heavy atom. The van der Waals surface area contributed by atoms with Crippen molar-refractivity contribution in [3.05, 3.63) is 69.9 Å². The largest absolute Gasteiger partial charge is 0.504 e. The van der Waals surface area contributed by atoms with Crippen molar-refractivity contribution < 1.29 is 29.6 Å². The van der Waals surface area contributed by atoms with Gasteiger partial charge < -0.3 is 62.0 Å². The number of aliphatic hydroxyl groups is 3. The normalized spacial score (nSPS) is 31.3. The maximum Gasteiger partial charge on any atom is 0.189 e. The van der Waals surface area contributed by atoms with Gasteiger partial charge in [0.1, 0.15) is 24.2 Å². The third-order valence-corrected chi connectivity index (χ3v) is 21.4. The van der Waals surface area contributed by atoms with Gasteiger partial charge in [0.15, 0.2) is 17.5 Å². The number of aliphatic hydroxyl groups excluding tert-OH is 3. The van der Waals surface area contributed by atoms with Crippen molar-refractivity contribution in [1.29, 1.82) is 0 Å². The molecule has 6 aliphatic rings. The molecule has 14 unspecified atom stereocenters. The van der Waals surface area contributed by atoms with Crippen LogP contribution in [0.1, 0.15) is 168 Å². The number of rotatable bonds is 19. The van der Waals surface area contributed by atoms with Crippen molar-refractivity contribution in [1.82, 2.24) is 20.9 Å². The molecule has 12 N–H and O–H groups in total. The van der Waals surface area contributed by atoms with Crippen LogP contribution in [0.4, 0.5) is 0 Å². The molecule has 3 aromatic rings.